The highest BCUT2D eigenvalue weighted by Gasteiger charge is 1.86. The van der Waals surface area contributed by atoms with E-state index in [0.29, 0.717) is 0 Å². The summed E-state index contributed by atoms with van der Waals surface area (Å²) < 4.78 is 0. The molecular weight excluding hydrogens is 188 g/mol. The number of aromatic hydroxyl groups is 1. The number of phenolic OH excluding ortho intramolecular Hbond substituents is 1. The molecule has 0 atom stereocenters. The lowest BCUT2D eigenvalue weighted by Crippen LogP contribution is -1.80. The van der Waals surface area contributed by atoms with Gasteiger partial charge in [-0.2, -0.15) is 0 Å². The minimum atomic E-state index is -0.120. The van der Waals surface area contributed by atoms with Crippen LogP contribution in [0.5, 0.6) is 5.75 Å². The number of carbonyl (C=O) groups excluding carboxylic acids is 1. The molecule has 0 saturated heterocycles. The standard InChI is InChI=1S/C13H12O2/c1-2-12(14)6-4-3-5-11-7-9-13(15)10-8-11/h2-10,15H,1H2. The Morgan fingerprint density at radius 1 is 1.20 bits per heavy atom. The Morgan fingerprint density at radius 2 is 1.87 bits per heavy atom. The Labute approximate surface area is 88.9 Å². The highest BCUT2D eigenvalue weighted by Crippen LogP contribution is 2.10. The quantitative estimate of drug-likeness (QED) is 0.599. The highest BCUT2D eigenvalue weighted by molar-refractivity contribution is 5.98. The number of ketones is 1. The maximum atomic E-state index is 10.8. The fourth-order valence-corrected chi connectivity index (χ4v) is 0.971. The Kier molecular flexibility index (Phi) is 4.10. The molecule has 0 bridgehead atoms. The zero-order chi connectivity index (χ0) is 11.1. The van der Waals surface area contributed by atoms with Crippen molar-refractivity contribution in [3.8, 4) is 5.75 Å². The van der Waals surface area contributed by atoms with E-state index >= 15 is 0 Å². The Hall–Kier alpha value is -2.09. The number of hydrogen-bond donors (Lipinski definition) is 1. The first-order valence-electron chi connectivity index (χ1n) is 4.52. The lowest BCUT2D eigenvalue weighted by molar-refractivity contribution is -0.110. The third-order valence-corrected chi connectivity index (χ3v) is 1.75. The van der Waals surface area contributed by atoms with Crippen LogP contribution in [0.15, 0.2) is 55.1 Å². The van der Waals surface area contributed by atoms with Crippen molar-refractivity contribution in [2.45, 2.75) is 0 Å². The zero-order valence-corrected chi connectivity index (χ0v) is 8.26. The summed E-state index contributed by atoms with van der Waals surface area (Å²) in [5.41, 5.74) is 0.962. The lowest BCUT2D eigenvalue weighted by Gasteiger charge is -1.92. The summed E-state index contributed by atoms with van der Waals surface area (Å²) in [6.45, 7) is 3.35. The third kappa shape index (κ3) is 4.09. The molecule has 0 fully saturated rings. The summed E-state index contributed by atoms with van der Waals surface area (Å²) in [5.74, 6) is 0.120. The molecule has 1 aromatic rings. The molecule has 1 N–H and O–H groups in total. The second kappa shape index (κ2) is 5.60. The molecule has 0 amide bonds. The molecule has 1 rings (SSSR count). The first-order valence-corrected chi connectivity index (χ1v) is 4.52. The molecule has 0 aromatic heterocycles. The second-order valence-electron chi connectivity index (χ2n) is 2.92. The van der Waals surface area contributed by atoms with Crippen LogP contribution in [0.2, 0.25) is 0 Å². The van der Waals surface area contributed by atoms with Crippen LogP contribution in [0.4, 0.5) is 0 Å². The van der Waals surface area contributed by atoms with E-state index in [1.54, 1.807) is 36.4 Å². The van der Waals surface area contributed by atoms with Crippen molar-refractivity contribution in [2.75, 3.05) is 0 Å². The molecule has 15 heavy (non-hydrogen) atoms. The summed E-state index contributed by atoms with van der Waals surface area (Å²) >= 11 is 0. The van der Waals surface area contributed by atoms with Gasteiger partial charge in [0.15, 0.2) is 5.78 Å². The van der Waals surface area contributed by atoms with Crippen LogP contribution in [-0.4, -0.2) is 10.9 Å². The highest BCUT2D eigenvalue weighted by atomic mass is 16.3. The molecule has 0 aliphatic heterocycles. The van der Waals surface area contributed by atoms with Gasteiger partial charge < -0.3 is 5.11 Å². The van der Waals surface area contributed by atoms with Gasteiger partial charge in [0.2, 0.25) is 0 Å². The van der Waals surface area contributed by atoms with Crippen molar-refractivity contribution in [1.82, 2.24) is 0 Å². The number of allylic oxidation sites excluding steroid dienone is 4. The molecule has 0 spiro atoms. The molecule has 0 saturated carbocycles. The van der Waals surface area contributed by atoms with E-state index < -0.39 is 0 Å². The first-order chi connectivity index (χ1) is 7.22. The average molecular weight is 200 g/mol. The van der Waals surface area contributed by atoms with Crippen LogP contribution in [0.3, 0.4) is 0 Å². The monoisotopic (exact) mass is 200 g/mol. The molecule has 76 valence electrons. The summed E-state index contributed by atoms with van der Waals surface area (Å²) in [6, 6.07) is 6.79. The molecule has 2 nitrogen and oxygen atoms in total. The van der Waals surface area contributed by atoms with E-state index in [4.69, 9.17) is 5.11 Å². The largest absolute Gasteiger partial charge is 0.508 e. The van der Waals surface area contributed by atoms with Gasteiger partial charge in [0, 0.05) is 0 Å². The van der Waals surface area contributed by atoms with E-state index in [2.05, 4.69) is 6.58 Å². The fourth-order valence-electron chi connectivity index (χ4n) is 0.971. The van der Waals surface area contributed by atoms with E-state index in [1.807, 2.05) is 6.08 Å². The van der Waals surface area contributed by atoms with Gasteiger partial charge in [-0.15, -0.1) is 0 Å². The summed E-state index contributed by atoms with van der Waals surface area (Å²) in [6.07, 6.45) is 7.94. The van der Waals surface area contributed by atoms with Gasteiger partial charge in [0.05, 0.1) is 0 Å². The maximum Gasteiger partial charge on any atom is 0.178 e. The molecule has 1 aromatic carbocycles. The van der Waals surface area contributed by atoms with Crippen LogP contribution in [0, 0.1) is 0 Å². The lowest BCUT2D eigenvalue weighted by atomic mass is 10.2. The molecule has 0 unspecified atom stereocenters. The fraction of sp³-hybridized carbons (Fsp3) is 0. The van der Waals surface area contributed by atoms with E-state index in [9.17, 15) is 4.79 Å². The van der Waals surface area contributed by atoms with Crippen molar-refractivity contribution in [2.24, 2.45) is 0 Å². The second-order valence-corrected chi connectivity index (χ2v) is 2.92. The number of hydrogen-bond acceptors (Lipinski definition) is 2. The summed E-state index contributed by atoms with van der Waals surface area (Å²) in [7, 11) is 0. The maximum absolute atomic E-state index is 10.8. The molecule has 2 heteroatoms. The smallest absolute Gasteiger partial charge is 0.178 e. The Balaban J connectivity index is 2.58. The number of carbonyl (C=O) groups is 1. The van der Waals surface area contributed by atoms with Crippen LogP contribution >= 0.6 is 0 Å². The topological polar surface area (TPSA) is 37.3 Å². The third-order valence-electron chi connectivity index (χ3n) is 1.75. The van der Waals surface area contributed by atoms with Gasteiger partial charge in [-0.25, -0.2) is 0 Å². The zero-order valence-electron chi connectivity index (χ0n) is 8.26. The van der Waals surface area contributed by atoms with Crippen LogP contribution in [0.1, 0.15) is 5.56 Å². The Morgan fingerprint density at radius 3 is 2.47 bits per heavy atom. The number of rotatable bonds is 4. The van der Waals surface area contributed by atoms with Gasteiger partial charge in [0.25, 0.3) is 0 Å². The normalized spacial score (nSPS) is 10.9. The summed E-state index contributed by atoms with van der Waals surface area (Å²) in [4.78, 5) is 10.8. The van der Waals surface area contributed by atoms with Gasteiger partial charge in [-0.05, 0) is 29.8 Å². The van der Waals surface area contributed by atoms with E-state index in [-0.39, 0.29) is 11.5 Å². The van der Waals surface area contributed by atoms with Gasteiger partial charge in [-0.3, -0.25) is 4.79 Å². The predicted molar refractivity (Wildman–Crippen MR) is 61.5 cm³/mol. The molecular formula is C13H12O2. The van der Waals surface area contributed by atoms with Crippen molar-refractivity contribution < 1.29 is 9.90 Å². The van der Waals surface area contributed by atoms with Crippen molar-refractivity contribution in [3.63, 3.8) is 0 Å². The number of phenols is 1. The van der Waals surface area contributed by atoms with Crippen LogP contribution in [0.25, 0.3) is 6.08 Å². The summed E-state index contributed by atoms with van der Waals surface area (Å²) in [5, 5.41) is 9.04. The number of benzene rings is 1. The minimum Gasteiger partial charge on any atom is -0.508 e. The van der Waals surface area contributed by atoms with Crippen molar-refractivity contribution in [3.05, 3.63) is 60.7 Å². The van der Waals surface area contributed by atoms with E-state index in [0.717, 1.165) is 5.56 Å². The SMILES string of the molecule is C=CC(=O)C=CC=Cc1ccc(O)cc1. The van der Waals surface area contributed by atoms with Gasteiger partial charge >= 0.3 is 0 Å². The first kappa shape index (κ1) is 11.0. The van der Waals surface area contributed by atoms with Gasteiger partial charge in [0.1, 0.15) is 5.75 Å². The molecule has 0 radical (unpaired) electrons. The van der Waals surface area contributed by atoms with E-state index in [1.165, 1.54) is 12.2 Å². The molecule has 0 aliphatic carbocycles. The Bertz CT molecular complexity index is 397. The molecule has 0 heterocycles. The van der Waals surface area contributed by atoms with Crippen molar-refractivity contribution >= 4 is 11.9 Å². The van der Waals surface area contributed by atoms with Crippen LogP contribution in [-0.2, 0) is 4.79 Å². The minimum absolute atomic E-state index is 0.120. The average Bonchev–Trinajstić information content (AvgIpc) is 2.26. The van der Waals surface area contributed by atoms with Crippen LogP contribution < -0.4 is 0 Å². The molecule has 0 aliphatic rings. The predicted octanol–water partition coefficient (Wildman–Crippen LogP) is 2.72. The van der Waals surface area contributed by atoms with Crippen molar-refractivity contribution in [1.29, 1.82) is 0 Å². The van der Waals surface area contributed by atoms with Gasteiger partial charge in [-0.1, -0.05) is 36.9 Å².